The van der Waals surface area contributed by atoms with Gasteiger partial charge in [0, 0.05) is 10.4 Å². The number of hydrogen-bond donors (Lipinski definition) is 0. The van der Waals surface area contributed by atoms with Gasteiger partial charge in [0.05, 0.1) is 25.8 Å². The molecule has 0 bridgehead atoms. The molecule has 1 aromatic heterocycles. The largest absolute Gasteiger partial charge is 0.496 e. The number of nitrogens with zero attached hydrogens (tertiary/aromatic N) is 1. The fourth-order valence-corrected chi connectivity index (χ4v) is 3.45. The Kier molecular flexibility index (Phi) is 5.99. The summed E-state index contributed by atoms with van der Waals surface area (Å²) in [6.07, 6.45) is 0. The fourth-order valence-electron chi connectivity index (χ4n) is 2.73. The molecule has 0 saturated heterocycles. The first-order chi connectivity index (χ1) is 13.4. The molecule has 1 amide bonds. The molecule has 3 nitrogen and oxygen atoms in total. The predicted octanol–water partition coefficient (Wildman–Crippen LogP) is 5.16. The summed E-state index contributed by atoms with van der Waals surface area (Å²) < 4.78 is 59.9. The van der Waals surface area contributed by atoms with Crippen LogP contribution in [0.4, 0.5) is 17.6 Å². The van der Waals surface area contributed by atoms with Gasteiger partial charge < -0.3 is 9.64 Å². The summed E-state index contributed by atoms with van der Waals surface area (Å²) in [5.74, 6) is -7.78. The van der Waals surface area contributed by atoms with Crippen LogP contribution in [0.3, 0.4) is 0 Å². The minimum absolute atomic E-state index is 0.000795. The second kappa shape index (κ2) is 8.43. The van der Waals surface area contributed by atoms with Gasteiger partial charge in [0.15, 0.2) is 23.3 Å². The number of benzene rings is 2. The van der Waals surface area contributed by atoms with Crippen LogP contribution < -0.4 is 4.74 Å². The van der Waals surface area contributed by atoms with E-state index in [0.29, 0.717) is 17.4 Å². The van der Waals surface area contributed by atoms with E-state index in [-0.39, 0.29) is 13.1 Å². The molecule has 0 atom stereocenters. The fraction of sp³-hybridized carbons (Fsp3) is 0.150. The van der Waals surface area contributed by atoms with Crippen LogP contribution in [0, 0.1) is 23.3 Å². The summed E-state index contributed by atoms with van der Waals surface area (Å²) in [5.41, 5.74) is -0.249. The molecule has 0 N–H and O–H groups in total. The smallest absolute Gasteiger partial charge is 0.257 e. The van der Waals surface area contributed by atoms with Gasteiger partial charge in [0.25, 0.3) is 5.91 Å². The highest BCUT2D eigenvalue weighted by atomic mass is 32.1. The van der Waals surface area contributed by atoms with Gasteiger partial charge in [-0.1, -0.05) is 24.3 Å². The first-order valence-corrected chi connectivity index (χ1v) is 9.07. The van der Waals surface area contributed by atoms with Gasteiger partial charge in [0.2, 0.25) is 0 Å². The number of carbonyl (C=O) groups excluding carboxylic acids is 1. The third-order valence-electron chi connectivity index (χ3n) is 4.10. The molecule has 2 aromatic carbocycles. The van der Waals surface area contributed by atoms with Crippen molar-refractivity contribution in [2.24, 2.45) is 0 Å². The quantitative estimate of drug-likeness (QED) is 0.320. The van der Waals surface area contributed by atoms with Crippen LogP contribution in [0.15, 0.2) is 47.8 Å². The van der Waals surface area contributed by atoms with Crippen LogP contribution in [-0.2, 0) is 13.1 Å². The van der Waals surface area contributed by atoms with E-state index < -0.39 is 34.7 Å². The van der Waals surface area contributed by atoms with Crippen molar-refractivity contribution in [1.82, 2.24) is 4.90 Å². The average molecular weight is 409 g/mol. The Morgan fingerprint density at radius 1 is 1.00 bits per heavy atom. The van der Waals surface area contributed by atoms with Gasteiger partial charge in [-0.2, -0.15) is 0 Å². The lowest BCUT2D eigenvalue weighted by Crippen LogP contribution is -2.31. The summed E-state index contributed by atoms with van der Waals surface area (Å²) >= 11 is 1.37. The number of methoxy groups -OCH3 is 1. The Morgan fingerprint density at radius 3 is 2.43 bits per heavy atom. The third kappa shape index (κ3) is 4.01. The second-order valence-corrected chi connectivity index (χ2v) is 6.93. The lowest BCUT2D eigenvalue weighted by Gasteiger charge is -2.24. The molecule has 28 heavy (non-hydrogen) atoms. The normalized spacial score (nSPS) is 10.8. The number of ether oxygens (including phenoxy) is 1. The Balaban J connectivity index is 2.00. The van der Waals surface area contributed by atoms with Crippen molar-refractivity contribution in [1.29, 1.82) is 0 Å². The van der Waals surface area contributed by atoms with Crippen LogP contribution in [0.2, 0.25) is 0 Å². The van der Waals surface area contributed by atoms with E-state index in [9.17, 15) is 22.4 Å². The Hall–Kier alpha value is -2.87. The highest BCUT2D eigenvalue weighted by Gasteiger charge is 2.27. The maximum Gasteiger partial charge on any atom is 0.257 e. The molecule has 8 heteroatoms. The first-order valence-electron chi connectivity index (χ1n) is 8.19. The molecule has 0 fully saturated rings. The molecule has 3 aromatic rings. The summed E-state index contributed by atoms with van der Waals surface area (Å²) in [6.45, 7) is 0.0788. The molecule has 1 heterocycles. The number of halogens is 4. The van der Waals surface area contributed by atoms with Crippen molar-refractivity contribution < 1.29 is 27.1 Å². The van der Waals surface area contributed by atoms with E-state index in [1.165, 1.54) is 23.3 Å². The van der Waals surface area contributed by atoms with Crippen LogP contribution in [0.5, 0.6) is 5.75 Å². The number of carbonyl (C=O) groups is 1. The molecular weight excluding hydrogens is 394 g/mol. The Bertz CT molecular complexity index is 992. The van der Waals surface area contributed by atoms with Crippen molar-refractivity contribution in [2.75, 3.05) is 7.11 Å². The minimum atomic E-state index is -2.02. The van der Waals surface area contributed by atoms with E-state index in [1.807, 2.05) is 0 Å². The van der Waals surface area contributed by atoms with Crippen LogP contribution in [-0.4, -0.2) is 17.9 Å². The molecule has 0 unspecified atom stereocenters. The number of thiophene rings is 1. The SMILES string of the molecule is COc1ccccc1CN(Cc1cccs1)C(=O)c1cc(F)c(F)c(F)c1F. The lowest BCUT2D eigenvalue weighted by atomic mass is 10.1. The average Bonchev–Trinajstić information content (AvgIpc) is 3.21. The van der Waals surface area contributed by atoms with E-state index in [4.69, 9.17) is 4.74 Å². The van der Waals surface area contributed by atoms with Gasteiger partial charge in [-0.15, -0.1) is 11.3 Å². The zero-order chi connectivity index (χ0) is 20.3. The highest BCUT2D eigenvalue weighted by Crippen LogP contribution is 2.25. The number of rotatable bonds is 6. The predicted molar refractivity (Wildman–Crippen MR) is 97.2 cm³/mol. The summed E-state index contributed by atoms with van der Waals surface area (Å²) in [4.78, 5) is 14.9. The number of amides is 1. The van der Waals surface area contributed by atoms with Gasteiger partial charge in [-0.05, 0) is 23.6 Å². The molecule has 0 saturated carbocycles. The van der Waals surface area contributed by atoms with E-state index in [1.54, 1.807) is 41.8 Å². The molecule has 0 aliphatic heterocycles. The van der Waals surface area contributed by atoms with Crippen molar-refractivity contribution in [3.05, 3.63) is 87.1 Å². The molecule has 0 spiro atoms. The number of hydrogen-bond acceptors (Lipinski definition) is 3. The van der Waals surface area contributed by atoms with Gasteiger partial charge in [-0.25, -0.2) is 17.6 Å². The standard InChI is InChI=1S/C20H15F4NO2S/c1-27-16-7-3-2-5-12(16)10-25(11-13-6-4-8-28-13)20(26)14-9-15(21)18(23)19(24)17(14)22/h2-9H,10-11H2,1H3. The van der Waals surface area contributed by atoms with Gasteiger partial charge >= 0.3 is 0 Å². The topological polar surface area (TPSA) is 29.5 Å². The molecule has 0 radical (unpaired) electrons. The third-order valence-corrected chi connectivity index (χ3v) is 4.96. The maximum atomic E-state index is 14.2. The lowest BCUT2D eigenvalue weighted by molar-refractivity contribution is 0.0723. The van der Waals surface area contributed by atoms with Gasteiger partial charge in [0.1, 0.15) is 5.75 Å². The van der Waals surface area contributed by atoms with Crippen LogP contribution in [0.1, 0.15) is 20.8 Å². The maximum absolute atomic E-state index is 14.2. The summed E-state index contributed by atoms with van der Waals surface area (Å²) in [6, 6.07) is 10.8. The molecule has 0 aliphatic carbocycles. The zero-order valence-electron chi connectivity index (χ0n) is 14.7. The van der Waals surface area contributed by atoms with Crippen molar-refractivity contribution in [2.45, 2.75) is 13.1 Å². The summed E-state index contributed by atoms with van der Waals surface area (Å²) in [5, 5.41) is 1.80. The zero-order valence-corrected chi connectivity index (χ0v) is 15.5. The minimum Gasteiger partial charge on any atom is -0.496 e. The molecule has 0 aliphatic rings. The van der Waals surface area contributed by atoms with Gasteiger partial charge in [-0.3, -0.25) is 4.79 Å². The molecule has 3 rings (SSSR count). The van der Waals surface area contributed by atoms with E-state index >= 15 is 0 Å². The van der Waals surface area contributed by atoms with E-state index in [0.717, 1.165) is 4.88 Å². The van der Waals surface area contributed by atoms with Crippen molar-refractivity contribution in [3.63, 3.8) is 0 Å². The molecule has 146 valence electrons. The monoisotopic (exact) mass is 409 g/mol. The first kappa shape index (κ1) is 19.9. The van der Waals surface area contributed by atoms with Crippen LogP contribution in [0.25, 0.3) is 0 Å². The number of para-hydroxylation sites is 1. The Morgan fingerprint density at radius 2 is 1.75 bits per heavy atom. The van der Waals surface area contributed by atoms with Crippen molar-refractivity contribution >= 4 is 17.2 Å². The second-order valence-electron chi connectivity index (χ2n) is 5.90. The van der Waals surface area contributed by atoms with Crippen molar-refractivity contribution in [3.8, 4) is 5.75 Å². The van der Waals surface area contributed by atoms with E-state index in [2.05, 4.69) is 0 Å². The summed E-state index contributed by atoms with van der Waals surface area (Å²) in [7, 11) is 1.47. The molecular formula is C20H15F4NO2S. The van der Waals surface area contributed by atoms with Crippen LogP contribution >= 0.6 is 11.3 Å². The highest BCUT2D eigenvalue weighted by molar-refractivity contribution is 7.09. The Labute approximate surface area is 162 Å².